The van der Waals surface area contributed by atoms with E-state index in [9.17, 15) is 5.11 Å². The topological polar surface area (TPSA) is 58.9 Å². The lowest BCUT2D eigenvalue weighted by Crippen LogP contribution is -2.16. The van der Waals surface area contributed by atoms with Crippen LogP contribution in [0.25, 0.3) is 0 Å². The minimum absolute atomic E-state index is 0.0278. The summed E-state index contributed by atoms with van der Waals surface area (Å²) in [4.78, 5) is 0. The van der Waals surface area contributed by atoms with E-state index >= 15 is 0 Å². The van der Waals surface area contributed by atoms with Crippen LogP contribution in [0, 0.1) is 0 Å². The van der Waals surface area contributed by atoms with Crippen LogP contribution in [0.2, 0.25) is 0 Å². The summed E-state index contributed by atoms with van der Waals surface area (Å²) in [6, 6.07) is 0. The minimum Gasteiger partial charge on any atom is -0.394 e. The molecular weight excluding hydrogens is 208 g/mol. The predicted molar refractivity (Wildman–Crippen MR) is 63.2 cm³/mol. The number of hydrogen-bond acceptors (Lipinski definition) is 4. The molecular formula is C12H26O4. The molecule has 0 fully saturated rings. The molecule has 0 amide bonds. The van der Waals surface area contributed by atoms with Crippen molar-refractivity contribution < 1.29 is 19.7 Å². The minimum atomic E-state index is -0.667. The van der Waals surface area contributed by atoms with E-state index in [-0.39, 0.29) is 6.61 Å². The van der Waals surface area contributed by atoms with Gasteiger partial charge in [0.25, 0.3) is 0 Å². The van der Waals surface area contributed by atoms with Crippen molar-refractivity contribution in [3.05, 3.63) is 0 Å². The molecule has 0 aromatic heterocycles. The van der Waals surface area contributed by atoms with Gasteiger partial charge in [0.1, 0.15) is 0 Å². The average Bonchev–Trinajstić information content (AvgIpc) is 2.28. The highest BCUT2D eigenvalue weighted by atomic mass is 16.6. The van der Waals surface area contributed by atoms with Gasteiger partial charge in [0.05, 0.1) is 26.4 Å². The van der Waals surface area contributed by atoms with E-state index in [4.69, 9.17) is 14.6 Å². The first-order valence-electron chi connectivity index (χ1n) is 6.29. The van der Waals surface area contributed by atoms with Gasteiger partial charge in [-0.05, 0) is 12.8 Å². The van der Waals surface area contributed by atoms with Gasteiger partial charge in [0.15, 0.2) is 6.29 Å². The number of rotatable bonds is 12. The number of unbranched alkanes of at least 4 members (excludes halogenated alkanes) is 4. The van der Waals surface area contributed by atoms with E-state index < -0.39 is 6.29 Å². The van der Waals surface area contributed by atoms with Crippen molar-refractivity contribution in [3.8, 4) is 0 Å². The van der Waals surface area contributed by atoms with Crippen LogP contribution in [0.3, 0.4) is 0 Å². The summed E-state index contributed by atoms with van der Waals surface area (Å²) >= 11 is 0. The first-order valence-corrected chi connectivity index (χ1v) is 6.29. The van der Waals surface area contributed by atoms with Gasteiger partial charge in [-0.1, -0.05) is 32.6 Å². The standard InChI is InChI=1S/C12H26O4/c1-2-3-4-5-6-7-12(14)16-11-10-15-9-8-13/h12-14H,2-11H2,1H3. The molecule has 0 radical (unpaired) electrons. The molecule has 2 N–H and O–H groups in total. The lowest BCUT2D eigenvalue weighted by Gasteiger charge is -2.11. The van der Waals surface area contributed by atoms with Crippen molar-refractivity contribution in [2.75, 3.05) is 26.4 Å². The lowest BCUT2D eigenvalue weighted by molar-refractivity contribution is -0.117. The third-order valence-electron chi connectivity index (χ3n) is 2.33. The smallest absolute Gasteiger partial charge is 0.154 e. The predicted octanol–water partition coefficient (Wildman–Crippen LogP) is 1.69. The van der Waals surface area contributed by atoms with Gasteiger partial charge in [0, 0.05) is 0 Å². The van der Waals surface area contributed by atoms with E-state index in [1.807, 2.05) is 0 Å². The van der Waals surface area contributed by atoms with Crippen LogP contribution in [0.15, 0.2) is 0 Å². The van der Waals surface area contributed by atoms with E-state index in [0.717, 1.165) is 12.8 Å². The van der Waals surface area contributed by atoms with E-state index in [1.165, 1.54) is 19.3 Å². The second kappa shape index (κ2) is 12.9. The van der Waals surface area contributed by atoms with Crippen LogP contribution < -0.4 is 0 Å². The molecule has 0 aliphatic heterocycles. The molecule has 0 saturated heterocycles. The van der Waals surface area contributed by atoms with Crippen LogP contribution >= 0.6 is 0 Å². The number of aliphatic hydroxyl groups excluding tert-OH is 2. The fourth-order valence-corrected chi connectivity index (χ4v) is 1.42. The van der Waals surface area contributed by atoms with Crippen LogP contribution in [-0.4, -0.2) is 42.9 Å². The summed E-state index contributed by atoms with van der Waals surface area (Å²) in [7, 11) is 0. The first kappa shape index (κ1) is 15.8. The van der Waals surface area contributed by atoms with E-state index in [2.05, 4.69) is 6.92 Å². The summed E-state index contributed by atoms with van der Waals surface area (Å²) in [6.45, 7) is 3.35. The highest BCUT2D eigenvalue weighted by Gasteiger charge is 2.03. The summed E-state index contributed by atoms with van der Waals surface area (Å²) in [5, 5.41) is 17.9. The maximum atomic E-state index is 9.44. The molecule has 0 aromatic carbocycles. The van der Waals surface area contributed by atoms with Gasteiger partial charge < -0.3 is 19.7 Å². The Morgan fingerprint density at radius 3 is 2.44 bits per heavy atom. The molecule has 0 bridgehead atoms. The van der Waals surface area contributed by atoms with Crippen molar-refractivity contribution >= 4 is 0 Å². The average molecular weight is 234 g/mol. The van der Waals surface area contributed by atoms with Gasteiger partial charge in [0.2, 0.25) is 0 Å². The SMILES string of the molecule is CCCCCCCC(O)OCCOCCO. The molecule has 0 saturated carbocycles. The Morgan fingerprint density at radius 2 is 1.75 bits per heavy atom. The lowest BCUT2D eigenvalue weighted by atomic mass is 10.1. The Balaban J connectivity index is 3.09. The van der Waals surface area contributed by atoms with Crippen LogP contribution in [0.5, 0.6) is 0 Å². The quantitative estimate of drug-likeness (QED) is 0.398. The third-order valence-corrected chi connectivity index (χ3v) is 2.33. The second-order valence-electron chi connectivity index (χ2n) is 3.86. The summed E-state index contributed by atoms with van der Waals surface area (Å²) in [6.07, 6.45) is 5.95. The number of aliphatic hydroxyl groups is 2. The largest absolute Gasteiger partial charge is 0.394 e. The van der Waals surface area contributed by atoms with Gasteiger partial charge >= 0.3 is 0 Å². The molecule has 0 rings (SSSR count). The normalized spacial score (nSPS) is 12.9. The van der Waals surface area contributed by atoms with Crippen molar-refractivity contribution in [1.82, 2.24) is 0 Å². The summed E-state index contributed by atoms with van der Waals surface area (Å²) < 4.78 is 10.1. The molecule has 1 unspecified atom stereocenters. The zero-order chi connectivity index (χ0) is 12.1. The Morgan fingerprint density at radius 1 is 1.00 bits per heavy atom. The number of hydrogen-bond donors (Lipinski definition) is 2. The Bertz CT molecular complexity index is 116. The van der Waals surface area contributed by atoms with E-state index in [0.29, 0.717) is 26.2 Å². The van der Waals surface area contributed by atoms with Gasteiger partial charge in [-0.3, -0.25) is 0 Å². The molecule has 0 aliphatic rings. The van der Waals surface area contributed by atoms with E-state index in [1.54, 1.807) is 0 Å². The summed E-state index contributed by atoms with van der Waals surface area (Å²) in [5.41, 5.74) is 0. The molecule has 16 heavy (non-hydrogen) atoms. The molecule has 1 atom stereocenters. The molecule has 0 spiro atoms. The van der Waals surface area contributed by atoms with Crippen LogP contribution in [-0.2, 0) is 9.47 Å². The summed E-state index contributed by atoms with van der Waals surface area (Å²) in [5.74, 6) is 0. The van der Waals surface area contributed by atoms with Crippen molar-refractivity contribution in [1.29, 1.82) is 0 Å². The Kier molecular flexibility index (Phi) is 12.8. The monoisotopic (exact) mass is 234 g/mol. The fraction of sp³-hybridized carbons (Fsp3) is 1.00. The van der Waals surface area contributed by atoms with Crippen molar-refractivity contribution in [3.63, 3.8) is 0 Å². The molecule has 4 heteroatoms. The Labute approximate surface area is 98.6 Å². The maximum Gasteiger partial charge on any atom is 0.154 e. The second-order valence-corrected chi connectivity index (χ2v) is 3.86. The highest BCUT2D eigenvalue weighted by Crippen LogP contribution is 2.07. The van der Waals surface area contributed by atoms with Crippen molar-refractivity contribution in [2.45, 2.75) is 51.7 Å². The molecule has 0 aromatic rings. The molecule has 0 aliphatic carbocycles. The zero-order valence-corrected chi connectivity index (χ0v) is 10.4. The molecule has 98 valence electrons. The van der Waals surface area contributed by atoms with Crippen molar-refractivity contribution in [2.24, 2.45) is 0 Å². The van der Waals surface area contributed by atoms with Gasteiger partial charge in [-0.15, -0.1) is 0 Å². The fourth-order valence-electron chi connectivity index (χ4n) is 1.42. The highest BCUT2D eigenvalue weighted by molar-refractivity contribution is 4.46. The van der Waals surface area contributed by atoms with Crippen LogP contribution in [0.1, 0.15) is 45.4 Å². The molecule has 0 heterocycles. The Hall–Kier alpha value is -0.160. The third kappa shape index (κ3) is 11.9. The first-order chi connectivity index (χ1) is 7.81. The zero-order valence-electron chi connectivity index (χ0n) is 10.4. The maximum absolute atomic E-state index is 9.44. The van der Waals surface area contributed by atoms with Crippen LogP contribution in [0.4, 0.5) is 0 Å². The number of ether oxygens (including phenoxy) is 2. The van der Waals surface area contributed by atoms with Gasteiger partial charge in [-0.2, -0.15) is 0 Å². The molecule has 4 nitrogen and oxygen atoms in total. The van der Waals surface area contributed by atoms with Gasteiger partial charge in [-0.25, -0.2) is 0 Å².